The maximum Gasteiger partial charge on any atom is 0.313 e. The van der Waals surface area contributed by atoms with Crippen LogP contribution < -0.4 is 9.47 Å². The second kappa shape index (κ2) is 7.11. The van der Waals surface area contributed by atoms with E-state index in [2.05, 4.69) is 4.74 Å². The van der Waals surface area contributed by atoms with Crippen molar-refractivity contribution in [3.05, 3.63) is 23.8 Å². The summed E-state index contributed by atoms with van der Waals surface area (Å²) in [5, 5.41) is 0. The third-order valence-corrected chi connectivity index (χ3v) is 3.61. The number of rotatable bonds is 6. The SMILES string of the molecule is COC(=O)CC(=O)c1ccc(OC2CCCC2)c(OC)c1. The largest absolute Gasteiger partial charge is 0.493 e. The smallest absolute Gasteiger partial charge is 0.313 e. The van der Waals surface area contributed by atoms with E-state index in [9.17, 15) is 9.59 Å². The van der Waals surface area contributed by atoms with Gasteiger partial charge in [0.05, 0.1) is 20.3 Å². The number of ether oxygens (including phenoxy) is 3. The molecule has 0 aromatic heterocycles. The Morgan fingerprint density at radius 2 is 1.86 bits per heavy atom. The van der Waals surface area contributed by atoms with Gasteiger partial charge in [0.15, 0.2) is 17.3 Å². The number of carbonyl (C=O) groups excluding carboxylic acids is 2. The molecule has 1 fully saturated rings. The highest BCUT2D eigenvalue weighted by Crippen LogP contribution is 2.32. The van der Waals surface area contributed by atoms with Gasteiger partial charge in [-0.05, 0) is 43.9 Å². The van der Waals surface area contributed by atoms with Gasteiger partial charge < -0.3 is 14.2 Å². The van der Waals surface area contributed by atoms with Gasteiger partial charge in [-0.25, -0.2) is 0 Å². The van der Waals surface area contributed by atoms with E-state index in [-0.39, 0.29) is 18.3 Å². The first kappa shape index (κ1) is 15.4. The van der Waals surface area contributed by atoms with Gasteiger partial charge in [-0.1, -0.05) is 0 Å². The van der Waals surface area contributed by atoms with Crippen molar-refractivity contribution in [2.24, 2.45) is 0 Å². The summed E-state index contributed by atoms with van der Waals surface area (Å²) in [6.07, 6.45) is 4.40. The average Bonchev–Trinajstić information content (AvgIpc) is 3.00. The molecule has 1 aliphatic rings. The van der Waals surface area contributed by atoms with Gasteiger partial charge in [0, 0.05) is 5.56 Å². The van der Waals surface area contributed by atoms with Crippen LogP contribution in [0.5, 0.6) is 11.5 Å². The number of hydrogen-bond donors (Lipinski definition) is 0. The minimum atomic E-state index is -0.551. The van der Waals surface area contributed by atoms with E-state index < -0.39 is 5.97 Å². The van der Waals surface area contributed by atoms with Crippen molar-refractivity contribution in [2.45, 2.75) is 38.2 Å². The fourth-order valence-electron chi connectivity index (χ4n) is 2.43. The number of ketones is 1. The summed E-state index contributed by atoms with van der Waals surface area (Å²) in [5.74, 6) is 0.300. The summed E-state index contributed by atoms with van der Waals surface area (Å²) in [4.78, 5) is 23.1. The van der Waals surface area contributed by atoms with Gasteiger partial charge in [-0.3, -0.25) is 9.59 Å². The summed E-state index contributed by atoms with van der Waals surface area (Å²) in [6, 6.07) is 4.98. The molecule has 5 heteroatoms. The molecule has 0 bridgehead atoms. The molecule has 0 spiro atoms. The Bertz CT molecular complexity index is 517. The molecule has 1 aliphatic carbocycles. The Morgan fingerprint density at radius 1 is 1.14 bits per heavy atom. The molecule has 0 unspecified atom stereocenters. The highest BCUT2D eigenvalue weighted by Gasteiger charge is 2.20. The zero-order chi connectivity index (χ0) is 15.2. The van der Waals surface area contributed by atoms with Gasteiger partial charge >= 0.3 is 5.97 Å². The Morgan fingerprint density at radius 3 is 2.48 bits per heavy atom. The molecule has 0 saturated heterocycles. The van der Waals surface area contributed by atoms with Gasteiger partial charge in [-0.15, -0.1) is 0 Å². The lowest BCUT2D eigenvalue weighted by molar-refractivity contribution is -0.139. The number of benzene rings is 1. The van der Waals surface area contributed by atoms with Gasteiger partial charge in [-0.2, -0.15) is 0 Å². The van der Waals surface area contributed by atoms with Crippen molar-refractivity contribution in [3.63, 3.8) is 0 Å². The summed E-state index contributed by atoms with van der Waals surface area (Å²) >= 11 is 0. The summed E-state index contributed by atoms with van der Waals surface area (Å²) in [7, 11) is 2.79. The van der Waals surface area contributed by atoms with E-state index in [0.717, 1.165) is 12.8 Å². The van der Waals surface area contributed by atoms with Crippen molar-refractivity contribution in [3.8, 4) is 11.5 Å². The molecule has 1 aromatic rings. The molecule has 0 radical (unpaired) electrons. The van der Waals surface area contributed by atoms with E-state index in [1.807, 2.05) is 0 Å². The third-order valence-electron chi connectivity index (χ3n) is 3.61. The van der Waals surface area contributed by atoms with E-state index >= 15 is 0 Å². The van der Waals surface area contributed by atoms with Crippen LogP contribution in [0.1, 0.15) is 42.5 Å². The van der Waals surface area contributed by atoms with Gasteiger partial charge in [0.1, 0.15) is 6.42 Å². The van der Waals surface area contributed by atoms with E-state index in [1.54, 1.807) is 18.2 Å². The van der Waals surface area contributed by atoms with Crippen LogP contribution in [0.15, 0.2) is 18.2 Å². The molecule has 0 aliphatic heterocycles. The van der Waals surface area contributed by atoms with Crippen LogP contribution in [0, 0.1) is 0 Å². The second-order valence-electron chi connectivity index (χ2n) is 5.07. The monoisotopic (exact) mass is 292 g/mol. The van der Waals surface area contributed by atoms with Crippen molar-refractivity contribution < 1.29 is 23.8 Å². The average molecular weight is 292 g/mol. The molecule has 0 atom stereocenters. The van der Waals surface area contributed by atoms with E-state index in [1.165, 1.54) is 27.1 Å². The molecule has 114 valence electrons. The minimum absolute atomic E-state index is 0.218. The van der Waals surface area contributed by atoms with Crippen molar-refractivity contribution in [1.82, 2.24) is 0 Å². The lowest BCUT2D eigenvalue weighted by Gasteiger charge is -2.16. The third kappa shape index (κ3) is 3.97. The van der Waals surface area contributed by atoms with Crippen LogP contribution in [-0.4, -0.2) is 32.1 Å². The minimum Gasteiger partial charge on any atom is -0.493 e. The van der Waals surface area contributed by atoms with Crippen LogP contribution in [0.2, 0.25) is 0 Å². The summed E-state index contributed by atoms with van der Waals surface area (Å²) in [6.45, 7) is 0. The fourth-order valence-corrected chi connectivity index (χ4v) is 2.43. The Labute approximate surface area is 124 Å². The molecular formula is C16H20O5. The molecule has 2 rings (SSSR count). The second-order valence-corrected chi connectivity index (χ2v) is 5.07. The zero-order valence-electron chi connectivity index (χ0n) is 12.4. The first-order valence-electron chi connectivity index (χ1n) is 7.08. The Kier molecular flexibility index (Phi) is 5.20. The zero-order valence-corrected chi connectivity index (χ0v) is 12.4. The molecule has 0 heterocycles. The molecule has 1 saturated carbocycles. The van der Waals surface area contributed by atoms with Gasteiger partial charge in [0.2, 0.25) is 0 Å². The number of esters is 1. The highest BCUT2D eigenvalue weighted by atomic mass is 16.5. The summed E-state index contributed by atoms with van der Waals surface area (Å²) < 4.78 is 15.7. The van der Waals surface area contributed by atoms with E-state index in [0.29, 0.717) is 17.1 Å². The molecule has 0 amide bonds. The maximum atomic E-state index is 11.9. The first-order valence-corrected chi connectivity index (χ1v) is 7.08. The summed E-state index contributed by atoms with van der Waals surface area (Å²) in [5.41, 5.74) is 0.413. The molecule has 1 aromatic carbocycles. The predicted molar refractivity (Wildman–Crippen MR) is 76.8 cm³/mol. The van der Waals surface area contributed by atoms with Crippen molar-refractivity contribution in [2.75, 3.05) is 14.2 Å². The maximum absolute atomic E-state index is 11.9. The first-order chi connectivity index (χ1) is 10.1. The van der Waals surface area contributed by atoms with Crippen LogP contribution in [0.25, 0.3) is 0 Å². The lowest BCUT2D eigenvalue weighted by Crippen LogP contribution is -2.12. The van der Waals surface area contributed by atoms with Crippen LogP contribution in [0.3, 0.4) is 0 Å². The Hall–Kier alpha value is -2.04. The Balaban J connectivity index is 2.11. The van der Waals surface area contributed by atoms with Crippen molar-refractivity contribution >= 4 is 11.8 Å². The lowest BCUT2D eigenvalue weighted by atomic mass is 10.1. The topological polar surface area (TPSA) is 61.8 Å². The number of Topliss-reactive ketones (excluding diaryl/α,β-unsaturated/α-hetero) is 1. The molecule has 0 N–H and O–H groups in total. The standard InChI is InChI=1S/C16H20O5/c1-19-15-9-11(13(17)10-16(18)20-2)7-8-14(15)21-12-5-3-4-6-12/h7-9,12H,3-6,10H2,1-2H3. The quantitative estimate of drug-likeness (QED) is 0.458. The van der Waals surface area contributed by atoms with Crippen molar-refractivity contribution in [1.29, 1.82) is 0 Å². The molecule has 5 nitrogen and oxygen atoms in total. The number of carbonyl (C=O) groups is 2. The molecule has 21 heavy (non-hydrogen) atoms. The van der Waals surface area contributed by atoms with Gasteiger partial charge in [0.25, 0.3) is 0 Å². The molecular weight excluding hydrogens is 272 g/mol. The van der Waals surface area contributed by atoms with Crippen LogP contribution in [-0.2, 0) is 9.53 Å². The normalized spacial score (nSPS) is 14.8. The van der Waals surface area contributed by atoms with E-state index in [4.69, 9.17) is 9.47 Å². The number of methoxy groups -OCH3 is 2. The highest BCUT2D eigenvalue weighted by molar-refractivity contribution is 6.06. The number of hydrogen-bond acceptors (Lipinski definition) is 5. The van der Waals surface area contributed by atoms with Crippen LogP contribution >= 0.6 is 0 Å². The van der Waals surface area contributed by atoms with Crippen LogP contribution in [0.4, 0.5) is 0 Å². The predicted octanol–water partition coefficient (Wildman–Crippen LogP) is 2.76. The fraction of sp³-hybridized carbons (Fsp3) is 0.500.